The Morgan fingerprint density at radius 3 is 2.53 bits per heavy atom. The van der Waals surface area contributed by atoms with Gasteiger partial charge >= 0.3 is 6.09 Å². The van der Waals surface area contributed by atoms with Crippen LogP contribution in [0.5, 0.6) is 5.75 Å². The van der Waals surface area contributed by atoms with Gasteiger partial charge in [0, 0.05) is 22.7 Å². The Hall–Kier alpha value is -3.87. The van der Waals surface area contributed by atoms with Crippen molar-refractivity contribution in [3.05, 3.63) is 71.8 Å². The third-order valence-corrected chi connectivity index (χ3v) is 5.08. The predicted octanol–water partition coefficient (Wildman–Crippen LogP) is 4.09. The van der Waals surface area contributed by atoms with Crippen LogP contribution in [0.2, 0.25) is 0 Å². The number of nitrogens with zero attached hydrogens (tertiary/aromatic N) is 1. The summed E-state index contributed by atoms with van der Waals surface area (Å²) in [7, 11) is 0. The van der Waals surface area contributed by atoms with Crippen LogP contribution in [-0.4, -0.2) is 35.5 Å². The lowest BCUT2D eigenvalue weighted by Crippen LogP contribution is -2.29. The number of para-hydroxylation sites is 1. The number of carbonyl (C=O) groups excluding carboxylic acids is 2. The smallest absolute Gasteiger partial charge is 0.412 e. The molecule has 0 aliphatic rings. The largest absolute Gasteiger partial charge is 0.491 e. The molecule has 0 bridgehead atoms. The van der Waals surface area contributed by atoms with E-state index >= 15 is 0 Å². The van der Waals surface area contributed by atoms with Crippen LogP contribution in [0, 0.1) is 16.7 Å². The third kappa shape index (κ3) is 7.92. The Morgan fingerprint density at radius 2 is 1.88 bits per heavy atom. The molecule has 0 fully saturated rings. The molecular formula is C25H29N3O6. The van der Waals surface area contributed by atoms with E-state index in [9.17, 15) is 14.7 Å². The number of amides is 2. The van der Waals surface area contributed by atoms with E-state index in [0.29, 0.717) is 35.4 Å². The van der Waals surface area contributed by atoms with Crippen molar-refractivity contribution >= 4 is 17.7 Å². The van der Waals surface area contributed by atoms with Crippen molar-refractivity contribution in [3.8, 4) is 11.8 Å². The van der Waals surface area contributed by atoms with Gasteiger partial charge in [0.25, 0.3) is 5.91 Å². The summed E-state index contributed by atoms with van der Waals surface area (Å²) in [5, 5.41) is 29.4. The molecule has 0 saturated carbocycles. The van der Waals surface area contributed by atoms with E-state index < -0.39 is 23.5 Å². The van der Waals surface area contributed by atoms with Crippen LogP contribution in [-0.2, 0) is 9.53 Å². The van der Waals surface area contributed by atoms with E-state index in [1.165, 1.54) is 11.6 Å². The molecule has 0 aliphatic carbocycles. The lowest BCUT2D eigenvalue weighted by molar-refractivity contribution is -0.124. The minimum absolute atomic E-state index is 0.0839. The minimum atomic E-state index is -0.735. The SMILES string of the molecule is CC(C)(CC/C=C/C(=O)NO)[C@@H](OC(=O)Nc1ccc(C#N)cc1)c1ccccc1OCCO. The average Bonchev–Trinajstić information content (AvgIpc) is 2.84. The monoisotopic (exact) mass is 467 g/mol. The molecular weight excluding hydrogens is 438 g/mol. The maximum Gasteiger partial charge on any atom is 0.412 e. The summed E-state index contributed by atoms with van der Waals surface area (Å²) in [4.78, 5) is 24.0. The van der Waals surface area contributed by atoms with Crippen LogP contribution in [0.3, 0.4) is 0 Å². The van der Waals surface area contributed by atoms with E-state index in [4.69, 9.17) is 19.9 Å². The first kappa shape index (κ1) is 26.4. The molecule has 2 aromatic carbocycles. The van der Waals surface area contributed by atoms with Gasteiger partial charge in [-0.15, -0.1) is 0 Å². The summed E-state index contributed by atoms with van der Waals surface area (Å²) in [5.74, 6) is -0.147. The first-order valence-corrected chi connectivity index (χ1v) is 10.7. The Labute approximate surface area is 198 Å². The van der Waals surface area contributed by atoms with Crippen LogP contribution in [0.1, 0.15) is 43.9 Å². The van der Waals surface area contributed by atoms with Crippen LogP contribution in [0.15, 0.2) is 60.7 Å². The normalized spacial score (nSPS) is 12.0. The van der Waals surface area contributed by atoms with E-state index in [0.717, 1.165) is 0 Å². The van der Waals surface area contributed by atoms with Crippen molar-refractivity contribution < 1.29 is 29.4 Å². The summed E-state index contributed by atoms with van der Waals surface area (Å²) < 4.78 is 11.6. The number of rotatable bonds is 11. The highest BCUT2D eigenvalue weighted by molar-refractivity contribution is 5.86. The van der Waals surface area contributed by atoms with Gasteiger partial charge in [0.2, 0.25) is 0 Å². The molecule has 1 atom stereocenters. The zero-order chi connectivity index (χ0) is 25.0. The lowest BCUT2D eigenvalue weighted by atomic mass is 9.78. The fraction of sp³-hybridized carbons (Fsp3) is 0.320. The highest BCUT2D eigenvalue weighted by Gasteiger charge is 2.35. The van der Waals surface area contributed by atoms with Gasteiger partial charge < -0.3 is 14.6 Å². The topological polar surface area (TPSA) is 141 Å². The Morgan fingerprint density at radius 1 is 1.18 bits per heavy atom. The number of ether oxygens (including phenoxy) is 2. The zero-order valence-corrected chi connectivity index (χ0v) is 19.2. The fourth-order valence-electron chi connectivity index (χ4n) is 3.32. The van der Waals surface area contributed by atoms with E-state index in [1.54, 1.807) is 54.6 Å². The molecule has 0 saturated heterocycles. The minimum Gasteiger partial charge on any atom is -0.491 e. The molecule has 34 heavy (non-hydrogen) atoms. The van der Waals surface area contributed by atoms with Crippen LogP contribution < -0.4 is 15.5 Å². The molecule has 9 nitrogen and oxygen atoms in total. The second-order valence-corrected chi connectivity index (χ2v) is 8.12. The first-order valence-electron chi connectivity index (χ1n) is 10.7. The Balaban J connectivity index is 2.27. The van der Waals surface area contributed by atoms with Gasteiger partial charge in [-0.2, -0.15) is 5.26 Å². The molecule has 2 aromatic rings. The van der Waals surface area contributed by atoms with Crippen molar-refractivity contribution in [2.45, 2.75) is 32.8 Å². The third-order valence-electron chi connectivity index (χ3n) is 5.08. The molecule has 0 heterocycles. The Kier molecular flexibility index (Phi) is 10.1. The van der Waals surface area contributed by atoms with Crippen molar-refractivity contribution in [1.82, 2.24) is 5.48 Å². The number of hydroxylamine groups is 1. The van der Waals surface area contributed by atoms with Gasteiger partial charge in [-0.3, -0.25) is 15.3 Å². The Bertz CT molecular complexity index is 1030. The second-order valence-electron chi connectivity index (χ2n) is 8.12. The molecule has 0 aliphatic heterocycles. The summed E-state index contributed by atoms with van der Waals surface area (Å²) >= 11 is 0. The molecule has 9 heteroatoms. The van der Waals surface area contributed by atoms with Crippen LogP contribution in [0.4, 0.5) is 10.5 Å². The van der Waals surface area contributed by atoms with Gasteiger partial charge in [-0.25, -0.2) is 10.3 Å². The lowest BCUT2D eigenvalue weighted by Gasteiger charge is -2.35. The number of carbonyl (C=O) groups is 2. The van der Waals surface area contributed by atoms with E-state index in [2.05, 4.69) is 5.32 Å². The number of nitriles is 1. The molecule has 2 amide bonds. The number of nitrogens with one attached hydrogen (secondary N) is 2. The predicted molar refractivity (Wildman–Crippen MR) is 125 cm³/mol. The number of aliphatic hydroxyl groups excluding tert-OH is 1. The van der Waals surface area contributed by atoms with Crippen LogP contribution in [0.25, 0.3) is 0 Å². The van der Waals surface area contributed by atoms with E-state index in [1.807, 2.05) is 19.9 Å². The zero-order valence-electron chi connectivity index (χ0n) is 19.2. The van der Waals surface area contributed by atoms with Gasteiger partial charge in [0.15, 0.2) is 0 Å². The highest BCUT2D eigenvalue weighted by Crippen LogP contribution is 2.44. The van der Waals surface area contributed by atoms with Gasteiger partial charge in [0.05, 0.1) is 18.2 Å². The molecule has 0 radical (unpaired) electrons. The first-order chi connectivity index (χ1) is 16.3. The number of hydrogen-bond donors (Lipinski definition) is 4. The summed E-state index contributed by atoms with van der Waals surface area (Å²) in [6.07, 6.45) is 2.44. The number of aliphatic hydroxyl groups is 1. The van der Waals surface area contributed by atoms with E-state index in [-0.39, 0.29) is 13.2 Å². The van der Waals surface area contributed by atoms with Crippen molar-refractivity contribution in [2.75, 3.05) is 18.5 Å². The van der Waals surface area contributed by atoms with Gasteiger partial charge in [0.1, 0.15) is 18.5 Å². The summed E-state index contributed by atoms with van der Waals surface area (Å²) in [5.41, 5.74) is 2.52. The van der Waals surface area contributed by atoms with Gasteiger partial charge in [-0.1, -0.05) is 38.1 Å². The molecule has 0 aromatic heterocycles. The molecule has 0 spiro atoms. The number of allylic oxidation sites excluding steroid dienone is 1. The molecule has 4 N–H and O–H groups in total. The fourth-order valence-corrected chi connectivity index (χ4v) is 3.32. The highest BCUT2D eigenvalue weighted by atomic mass is 16.6. The molecule has 180 valence electrons. The summed E-state index contributed by atoms with van der Waals surface area (Å²) in [6, 6.07) is 15.5. The molecule has 0 unspecified atom stereocenters. The number of benzene rings is 2. The number of hydrogen-bond acceptors (Lipinski definition) is 7. The standard InChI is InChI=1S/C25H29N3O6/c1-25(2,14-6-5-9-22(30)28-32)23(20-7-3-4-8-21(20)33-16-15-29)34-24(31)27-19-12-10-18(17-26)11-13-19/h3-5,7-13,23,29,32H,6,14-16H2,1-2H3,(H,27,31)(H,28,30)/b9-5+/t23-/m0/s1. The maximum absolute atomic E-state index is 12.8. The summed E-state index contributed by atoms with van der Waals surface area (Å²) in [6.45, 7) is 3.77. The maximum atomic E-state index is 12.8. The van der Waals surface area contributed by atoms with Crippen molar-refractivity contribution in [2.24, 2.45) is 5.41 Å². The molecule has 2 rings (SSSR count). The quantitative estimate of drug-likeness (QED) is 0.222. The van der Waals surface area contributed by atoms with Crippen molar-refractivity contribution in [3.63, 3.8) is 0 Å². The van der Waals surface area contributed by atoms with Gasteiger partial charge in [-0.05, 0) is 43.2 Å². The van der Waals surface area contributed by atoms with Crippen LogP contribution >= 0.6 is 0 Å². The van der Waals surface area contributed by atoms with Crippen molar-refractivity contribution in [1.29, 1.82) is 5.26 Å². The number of anilines is 1. The average molecular weight is 468 g/mol. The second kappa shape index (κ2) is 13.0.